The Kier molecular flexibility index (Phi) is 4.08. The lowest BCUT2D eigenvalue weighted by molar-refractivity contribution is -0.132. The molecule has 0 unspecified atom stereocenters. The second kappa shape index (κ2) is 5.33. The largest absolute Gasteiger partial charge is 0.299 e. The van der Waals surface area contributed by atoms with Crippen LogP contribution in [0.25, 0.3) is 0 Å². The number of hydrazine groups is 1. The van der Waals surface area contributed by atoms with E-state index in [0.717, 1.165) is 5.69 Å². The molecule has 0 spiro atoms. The van der Waals surface area contributed by atoms with Gasteiger partial charge >= 0.3 is 0 Å². The van der Waals surface area contributed by atoms with Crippen molar-refractivity contribution in [2.24, 2.45) is 5.84 Å². The summed E-state index contributed by atoms with van der Waals surface area (Å²) in [6, 6.07) is 8.77. The summed E-state index contributed by atoms with van der Waals surface area (Å²) in [5.74, 6) is 5.50. The number of hydrogen-bond donors (Lipinski definition) is 2. The number of nitrogens with two attached hydrogens (primary N) is 1. The molecular formula is C10H15N3O2. The molecule has 1 atom stereocenters. The Morgan fingerprint density at radius 1 is 1.47 bits per heavy atom. The Balaban J connectivity index is 2.68. The predicted molar refractivity (Wildman–Crippen MR) is 57.7 cm³/mol. The molecule has 0 fully saturated rings. The van der Waals surface area contributed by atoms with Crippen LogP contribution in [-0.2, 0) is 9.63 Å². The molecule has 0 heterocycles. The van der Waals surface area contributed by atoms with Gasteiger partial charge in [0.15, 0.2) is 0 Å². The maximum absolute atomic E-state index is 11.4. The number of para-hydroxylation sites is 1. The average Bonchev–Trinajstić information content (AvgIpc) is 2.28. The third-order valence-corrected chi connectivity index (χ3v) is 2.05. The van der Waals surface area contributed by atoms with Crippen LogP contribution in [0.3, 0.4) is 0 Å². The number of carbonyl (C=O) groups is 1. The van der Waals surface area contributed by atoms with Crippen molar-refractivity contribution < 1.29 is 9.63 Å². The second-order valence-corrected chi connectivity index (χ2v) is 3.09. The monoisotopic (exact) mass is 209 g/mol. The van der Waals surface area contributed by atoms with E-state index in [1.807, 2.05) is 30.3 Å². The zero-order valence-corrected chi connectivity index (χ0v) is 8.81. The molecule has 15 heavy (non-hydrogen) atoms. The van der Waals surface area contributed by atoms with Crippen molar-refractivity contribution in [2.75, 3.05) is 12.1 Å². The van der Waals surface area contributed by atoms with Crippen LogP contribution < -0.4 is 16.3 Å². The summed E-state index contributed by atoms with van der Waals surface area (Å²) in [4.78, 5) is 15.9. The molecule has 0 aliphatic carbocycles. The maximum atomic E-state index is 11.4. The fourth-order valence-corrected chi connectivity index (χ4v) is 1.14. The lowest BCUT2D eigenvalue weighted by atomic mass is 10.2. The number of rotatable bonds is 4. The van der Waals surface area contributed by atoms with Gasteiger partial charge in [0.25, 0.3) is 5.91 Å². The Hall–Kier alpha value is -1.59. The van der Waals surface area contributed by atoms with Crippen LogP contribution in [0.1, 0.15) is 6.92 Å². The minimum absolute atomic E-state index is 0.288. The quantitative estimate of drug-likeness (QED) is 0.557. The van der Waals surface area contributed by atoms with Crippen LogP contribution >= 0.6 is 0 Å². The third-order valence-electron chi connectivity index (χ3n) is 2.05. The SMILES string of the molecule is CONC(=O)[C@H](C)N(N)c1ccccc1. The first-order chi connectivity index (χ1) is 7.16. The normalized spacial score (nSPS) is 11.9. The number of hydroxylamine groups is 1. The van der Waals surface area contributed by atoms with Crippen molar-refractivity contribution >= 4 is 11.6 Å². The summed E-state index contributed by atoms with van der Waals surface area (Å²) in [6.45, 7) is 1.70. The summed E-state index contributed by atoms with van der Waals surface area (Å²) >= 11 is 0. The van der Waals surface area contributed by atoms with Crippen molar-refractivity contribution in [3.8, 4) is 0 Å². The van der Waals surface area contributed by atoms with Crippen LogP contribution in [0, 0.1) is 0 Å². The molecule has 1 aromatic carbocycles. The number of carbonyl (C=O) groups excluding carboxylic acids is 1. The van der Waals surface area contributed by atoms with Gasteiger partial charge in [-0.3, -0.25) is 14.6 Å². The van der Waals surface area contributed by atoms with Crippen LogP contribution in [0.4, 0.5) is 5.69 Å². The highest BCUT2D eigenvalue weighted by Gasteiger charge is 2.18. The van der Waals surface area contributed by atoms with E-state index in [1.165, 1.54) is 12.1 Å². The number of hydrogen-bond acceptors (Lipinski definition) is 4. The van der Waals surface area contributed by atoms with Gasteiger partial charge in [0.1, 0.15) is 6.04 Å². The summed E-state index contributed by atoms with van der Waals surface area (Å²) in [6.07, 6.45) is 0. The van der Waals surface area contributed by atoms with Gasteiger partial charge in [0.2, 0.25) is 0 Å². The van der Waals surface area contributed by atoms with Gasteiger partial charge in [-0.05, 0) is 19.1 Å². The van der Waals surface area contributed by atoms with E-state index in [1.54, 1.807) is 6.92 Å². The van der Waals surface area contributed by atoms with Crippen molar-refractivity contribution in [1.29, 1.82) is 0 Å². The van der Waals surface area contributed by atoms with Gasteiger partial charge < -0.3 is 0 Å². The van der Waals surface area contributed by atoms with Gasteiger partial charge in [0.05, 0.1) is 12.8 Å². The van der Waals surface area contributed by atoms with Crippen LogP contribution in [0.5, 0.6) is 0 Å². The lowest BCUT2D eigenvalue weighted by Crippen LogP contribution is -2.48. The Labute approximate surface area is 88.7 Å². The van der Waals surface area contributed by atoms with E-state index in [4.69, 9.17) is 5.84 Å². The molecule has 0 saturated heterocycles. The fraction of sp³-hybridized carbons (Fsp3) is 0.300. The molecule has 0 saturated carbocycles. The molecule has 0 aliphatic rings. The molecule has 3 N–H and O–H groups in total. The summed E-state index contributed by atoms with van der Waals surface area (Å²) in [7, 11) is 1.38. The molecule has 5 heteroatoms. The first kappa shape index (κ1) is 11.5. The van der Waals surface area contributed by atoms with Gasteiger partial charge in [-0.2, -0.15) is 0 Å². The zero-order valence-electron chi connectivity index (χ0n) is 8.81. The summed E-state index contributed by atoms with van der Waals surface area (Å²) < 4.78 is 0. The first-order valence-corrected chi connectivity index (χ1v) is 4.58. The van der Waals surface area contributed by atoms with Crippen molar-refractivity contribution in [1.82, 2.24) is 5.48 Å². The topological polar surface area (TPSA) is 67.6 Å². The molecule has 0 bridgehead atoms. The standard InChI is InChI=1S/C10H15N3O2/c1-8(10(14)12-15-2)13(11)9-6-4-3-5-7-9/h3-8H,11H2,1-2H3,(H,12,14)/t8-/m0/s1. The highest BCUT2D eigenvalue weighted by atomic mass is 16.6. The van der Waals surface area contributed by atoms with Crippen LogP contribution in [-0.4, -0.2) is 19.1 Å². The molecule has 1 aromatic rings. The molecular weight excluding hydrogens is 194 g/mol. The number of amides is 1. The van der Waals surface area contributed by atoms with Crippen LogP contribution in [0.15, 0.2) is 30.3 Å². The predicted octanol–water partition coefficient (Wildman–Crippen LogP) is 0.433. The molecule has 0 aromatic heterocycles. The Morgan fingerprint density at radius 3 is 2.60 bits per heavy atom. The molecule has 1 rings (SSSR count). The average molecular weight is 209 g/mol. The van der Waals surface area contributed by atoms with E-state index in [9.17, 15) is 4.79 Å². The van der Waals surface area contributed by atoms with Crippen molar-refractivity contribution in [3.05, 3.63) is 30.3 Å². The van der Waals surface area contributed by atoms with Gasteiger partial charge in [-0.25, -0.2) is 11.3 Å². The highest BCUT2D eigenvalue weighted by Crippen LogP contribution is 2.11. The maximum Gasteiger partial charge on any atom is 0.267 e. The summed E-state index contributed by atoms with van der Waals surface area (Å²) in [5, 5.41) is 1.38. The lowest BCUT2D eigenvalue weighted by Gasteiger charge is -2.24. The molecule has 82 valence electrons. The fourth-order valence-electron chi connectivity index (χ4n) is 1.14. The number of nitrogens with zero attached hydrogens (tertiary/aromatic N) is 1. The minimum Gasteiger partial charge on any atom is -0.299 e. The van der Waals surface area contributed by atoms with Gasteiger partial charge in [-0.1, -0.05) is 18.2 Å². The summed E-state index contributed by atoms with van der Waals surface area (Å²) in [5.41, 5.74) is 3.01. The minimum atomic E-state index is -0.493. The van der Waals surface area contributed by atoms with Gasteiger partial charge in [-0.15, -0.1) is 0 Å². The van der Waals surface area contributed by atoms with E-state index < -0.39 is 6.04 Å². The third kappa shape index (κ3) is 2.93. The highest BCUT2D eigenvalue weighted by molar-refractivity contribution is 5.83. The number of anilines is 1. The van der Waals surface area contributed by atoms with Crippen molar-refractivity contribution in [2.45, 2.75) is 13.0 Å². The van der Waals surface area contributed by atoms with Crippen molar-refractivity contribution in [3.63, 3.8) is 0 Å². The molecule has 5 nitrogen and oxygen atoms in total. The Morgan fingerprint density at radius 2 is 2.07 bits per heavy atom. The van der Waals surface area contributed by atoms with E-state index in [-0.39, 0.29) is 5.91 Å². The van der Waals surface area contributed by atoms with E-state index in [0.29, 0.717) is 0 Å². The van der Waals surface area contributed by atoms with E-state index in [2.05, 4.69) is 10.3 Å². The zero-order chi connectivity index (χ0) is 11.3. The van der Waals surface area contributed by atoms with Gasteiger partial charge in [0, 0.05) is 0 Å². The number of nitrogens with one attached hydrogen (secondary N) is 1. The van der Waals surface area contributed by atoms with E-state index >= 15 is 0 Å². The molecule has 0 radical (unpaired) electrons. The number of benzene rings is 1. The molecule has 1 amide bonds. The Bertz CT molecular complexity index is 316. The second-order valence-electron chi connectivity index (χ2n) is 3.09. The smallest absolute Gasteiger partial charge is 0.267 e. The van der Waals surface area contributed by atoms with Crippen LogP contribution in [0.2, 0.25) is 0 Å². The first-order valence-electron chi connectivity index (χ1n) is 4.58. The molecule has 0 aliphatic heterocycles.